The Labute approximate surface area is 221 Å². The number of anilines is 6. The molecule has 2 heterocycles. The molecule has 0 unspecified atom stereocenters. The van der Waals surface area contributed by atoms with E-state index in [1.54, 1.807) is 10.6 Å². The third-order valence-corrected chi connectivity index (χ3v) is 6.87. The molecule has 0 saturated carbocycles. The summed E-state index contributed by atoms with van der Waals surface area (Å²) in [7, 11) is 1.84. The molecule has 1 aliphatic rings. The van der Waals surface area contributed by atoms with Crippen LogP contribution < -0.4 is 20.9 Å². The van der Waals surface area contributed by atoms with Gasteiger partial charge in [-0.15, -0.1) is 0 Å². The molecule has 5 rings (SSSR count). The number of aryl methyl sites for hydroxylation is 1. The van der Waals surface area contributed by atoms with Gasteiger partial charge in [-0.2, -0.15) is 0 Å². The predicted molar refractivity (Wildman–Crippen MR) is 152 cm³/mol. The maximum Gasteiger partial charge on any atom is 0.272 e. The van der Waals surface area contributed by atoms with Crippen molar-refractivity contribution in [1.29, 1.82) is 0 Å². The smallest absolute Gasteiger partial charge is 0.272 e. The van der Waals surface area contributed by atoms with Crippen LogP contribution in [-0.4, -0.2) is 34.8 Å². The third-order valence-electron chi connectivity index (χ3n) is 6.55. The monoisotopic (exact) mass is 515 g/mol. The summed E-state index contributed by atoms with van der Waals surface area (Å²) < 4.78 is 1.79. The molecule has 4 aromatic rings. The van der Waals surface area contributed by atoms with E-state index in [-0.39, 0.29) is 12.0 Å². The average Bonchev–Trinajstić information content (AvgIpc) is 3.34. The minimum Gasteiger partial charge on any atom is -0.393 e. The van der Waals surface area contributed by atoms with Gasteiger partial charge in [-0.3, -0.25) is 4.79 Å². The molecule has 0 atom stereocenters. The van der Waals surface area contributed by atoms with Crippen molar-refractivity contribution in [2.75, 3.05) is 33.9 Å². The molecule has 1 fully saturated rings. The van der Waals surface area contributed by atoms with Gasteiger partial charge in [0.05, 0.1) is 16.8 Å². The lowest BCUT2D eigenvalue weighted by Gasteiger charge is -2.31. The Hall–Kier alpha value is -3.94. The van der Waals surface area contributed by atoms with Gasteiger partial charge in [0.25, 0.3) is 5.91 Å². The van der Waals surface area contributed by atoms with Gasteiger partial charge in [-0.1, -0.05) is 11.6 Å². The number of nitrogens with one attached hydrogen (secondary N) is 3. The molecule has 0 bridgehead atoms. The van der Waals surface area contributed by atoms with Crippen molar-refractivity contribution in [1.82, 2.24) is 4.57 Å². The van der Waals surface area contributed by atoms with E-state index in [9.17, 15) is 9.90 Å². The minimum atomic E-state index is -0.197. The number of piperidine rings is 1. The molecule has 0 radical (unpaired) electrons. The van der Waals surface area contributed by atoms with Crippen molar-refractivity contribution in [3.05, 3.63) is 95.8 Å². The first-order valence-corrected chi connectivity index (χ1v) is 12.7. The molecule has 1 aliphatic heterocycles. The summed E-state index contributed by atoms with van der Waals surface area (Å²) in [6.45, 7) is 1.67. The number of carbonyl (C=O) groups excluding carboxylic acids is 1. The van der Waals surface area contributed by atoms with Crippen LogP contribution in [0.2, 0.25) is 5.02 Å². The van der Waals surface area contributed by atoms with Gasteiger partial charge in [0, 0.05) is 54.8 Å². The number of benzene rings is 3. The Morgan fingerprint density at radius 3 is 2.03 bits per heavy atom. The van der Waals surface area contributed by atoms with E-state index in [1.807, 2.05) is 80.0 Å². The summed E-state index contributed by atoms with van der Waals surface area (Å²) in [5.41, 5.74) is 6.05. The predicted octanol–water partition coefficient (Wildman–Crippen LogP) is 6.38. The van der Waals surface area contributed by atoms with Crippen molar-refractivity contribution < 1.29 is 9.90 Å². The first-order chi connectivity index (χ1) is 17.9. The number of carbonyl (C=O) groups is 1. The number of hydrogen-bond acceptors (Lipinski definition) is 5. The highest BCUT2D eigenvalue weighted by atomic mass is 35.5. The number of rotatable bonds is 7. The van der Waals surface area contributed by atoms with Gasteiger partial charge in [0.2, 0.25) is 0 Å². The maximum absolute atomic E-state index is 12.4. The summed E-state index contributed by atoms with van der Waals surface area (Å²) in [6, 6.07) is 25.2. The quantitative estimate of drug-likeness (QED) is 0.229. The van der Waals surface area contributed by atoms with Crippen LogP contribution in [0.25, 0.3) is 0 Å². The summed E-state index contributed by atoms with van der Waals surface area (Å²) in [5, 5.41) is 20.1. The summed E-state index contributed by atoms with van der Waals surface area (Å²) >= 11 is 6.57. The molecular formula is C29H30ClN5O2. The van der Waals surface area contributed by atoms with Crippen LogP contribution >= 0.6 is 11.6 Å². The first-order valence-electron chi connectivity index (χ1n) is 12.3. The number of nitrogens with zero attached hydrogens (tertiary/aromatic N) is 2. The number of halogens is 1. The van der Waals surface area contributed by atoms with Crippen LogP contribution in [0.3, 0.4) is 0 Å². The molecule has 7 nitrogen and oxygen atoms in total. The second-order valence-electron chi connectivity index (χ2n) is 9.25. The van der Waals surface area contributed by atoms with Crippen molar-refractivity contribution in [3.8, 4) is 0 Å². The Morgan fingerprint density at radius 2 is 1.46 bits per heavy atom. The Balaban J connectivity index is 1.17. The highest BCUT2D eigenvalue weighted by Gasteiger charge is 2.18. The first kappa shape index (κ1) is 24.7. The molecule has 0 spiro atoms. The number of aromatic nitrogens is 1. The highest BCUT2D eigenvalue weighted by molar-refractivity contribution is 6.33. The highest BCUT2D eigenvalue weighted by Crippen LogP contribution is 2.32. The number of amides is 1. The summed E-state index contributed by atoms with van der Waals surface area (Å²) in [4.78, 5) is 14.6. The van der Waals surface area contributed by atoms with Gasteiger partial charge in [0.15, 0.2) is 0 Å². The SMILES string of the molecule is Cn1cccc1C(=O)Nc1ccc(Nc2ccc(Nc3ccc(N4CCC(O)CC4)cc3Cl)cc2)cc1. The Bertz CT molecular complexity index is 1360. The van der Waals surface area contributed by atoms with E-state index in [4.69, 9.17) is 11.6 Å². The standard InChI is InChI=1S/C29H30ClN5O2/c1-34-16-2-3-28(34)29(37)33-23-10-6-21(7-11-23)31-20-4-8-22(9-5-20)32-27-13-12-24(19-26(27)30)35-17-14-25(36)15-18-35/h2-13,16,19,25,31-32,36H,14-15,17-18H2,1H3,(H,33,37). The van der Waals surface area contributed by atoms with Crippen LogP contribution in [0.1, 0.15) is 23.3 Å². The van der Waals surface area contributed by atoms with Crippen LogP contribution in [0.15, 0.2) is 85.1 Å². The van der Waals surface area contributed by atoms with E-state index >= 15 is 0 Å². The number of aliphatic hydroxyl groups excluding tert-OH is 1. The van der Waals surface area contributed by atoms with Crippen LogP contribution in [0.5, 0.6) is 0 Å². The van der Waals surface area contributed by atoms with Crippen molar-refractivity contribution in [3.63, 3.8) is 0 Å². The molecule has 4 N–H and O–H groups in total. The van der Waals surface area contributed by atoms with Crippen LogP contribution in [0.4, 0.5) is 34.1 Å². The van der Waals surface area contributed by atoms with E-state index in [0.717, 1.165) is 60.1 Å². The molecule has 3 aromatic carbocycles. The molecular weight excluding hydrogens is 486 g/mol. The second-order valence-corrected chi connectivity index (χ2v) is 9.65. The Kier molecular flexibility index (Phi) is 7.35. The van der Waals surface area contributed by atoms with Crippen LogP contribution in [-0.2, 0) is 7.05 Å². The Morgan fingerprint density at radius 1 is 0.865 bits per heavy atom. The van der Waals surface area contributed by atoms with Crippen molar-refractivity contribution >= 4 is 51.6 Å². The number of hydrogen-bond donors (Lipinski definition) is 4. The molecule has 1 aromatic heterocycles. The van der Waals surface area contributed by atoms with Crippen molar-refractivity contribution in [2.45, 2.75) is 18.9 Å². The minimum absolute atomic E-state index is 0.141. The molecule has 37 heavy (non-hydrogen) atoms. The fourth-order valence-corrected chi connectivity index (χ4v) is 4.64. The van der Waals surface area contributed by atoms with Crippen molar-refractivity contribution in [2.24, 2.45) is 7.05 Å². The van der Waals surface area contributed by atoms with Crippen LogP contribution in [0, 0.1) is 0 Å². The lowest BCUT2D eigenvalue weighted by atomic mass is 10.1. The zero-order valence-corrected chi connectivity index (χ0v) is 21.4. The fraction of sp³-hybridized carbons (Fsp3) is 0.207. The third kappa shape index (κ3) is 6.07. The van der Waals surface area contributed by atoms with E-state index in [0.29, 0.717) is 10.7 Å². The zero-order valence-electron chi connectivity index (χ0n) is 20.6. The lowest BCUT2D eigenvalue weighted by Crippen LogP contribution is -2.35. The van der Waals surface area contributed by atoms with E-state index in [2.05, 4.69) is 26.9 Å². The van der Waals surface area contributed by atoms with Gasteiger partial charge >= 0.3 is 0 Å². The van der Waals surface area contributed by atoms with Gasteiger partial charge in [-0.25, -0.2) is 0 Å². The van der Waals surface area contributed by atoms with Gasteiger partial charge in [-0.05, 0) is 91.7 Å². The largest absolute Gasteiger partial charge is 0.393 e. The van der Waals surface area contributed by atoms with E-state index in [1.165, 1.54) is 0 Å². The molecule has 0 aliphatic carbocycles. The molecule has 8 heteroatoms. The number of aliphatic hydroxyl groups is 1. The molecule has 1 amide bonds. The molecule has 1 saturated heterocycles. The van der Waals surface area contributed by atoms with E-state index < -0.39 is 0 Å². The molecule has 190 valence electrons. The topological polar surface area (TPSA) is 81.6 Å². The van der Waals surface area contributed by atoms with Gasteiger partial charge in [0.1, 0.15) is 5.69 Å². The summed E-state index contributed by atoms with van der Waals surface area (Å²) in [6.07, 6.45) is 3.22. The normalized spacial score (nSPS) is 13.9. The zero-order chi connectivity index (χ0) is 25.8. The van der Waals surface area contributed by atoms with Gasteiger partial charge < -0.3 is 30.5 Å². The average molecular weight is 516 g/mol. The summed E-state index contributed by atoms with van der Waals surface area (Å²) in [5.74, 6) is -0.141. The lowest BCUT2D eigenvalue weighted by molar-refractivity contribution is 0.101. The maximum atomic E-state index is 12.4. The fourth-order valence-electron chi connectivity index (χ4n) is 4.41. The second kappa shape index (κ2) is 11.0.